The maximum Gasteiger partial charge on any atom is 0.226 e. The van der Waals surface area contributed by atoms with Crippen molar-refractivity contribution in [2.45, 2.75) is 13.0 Å². The van der Waals surface area contributed by atoms with Crippen LogP contribution in [0.2, 0.25) is 0 Å². The molecule has 1 heterocycles. The second-order valence-corrected chi connectivity index (χ2v) is 3.37. The predicted octanol–water partition coefficient (Wildman–Crippen LogP) is 1.41. The molecule has 1 aliphatic heterocycles. The monoisotopic (exact) mass is 174 g/mol. The van der Waals surface area contributed by atoms with Gasteiger partial charge in [0.25, 0.3) is 0 Å². The molecule has 67 valence electrons. The van der Waals surface area contributed by atoms with Gasteiger partial charge in [-0.2, -0.15) is 0 Å². The molecule has 1 aromatic rings. The highest BCUT2D eigenvalue weighted by Crippen LogP contribution is 2.17. The molecular formula is C11H12NO. The molecule has 1 amide bonds. The summed E-state index contributed by atoms with van der Waals surface area (Å²) in [5.74, 6) is 0.121. The lowest BCUT2D eigenvalue weighted by Crippen LogP contribution is -2.24. The quantitative estimate of drug-likeness (QED) is 0.582. The fraction of sp³-hybridized carbons (Fsp3) is 0.273. The molecule has 0 fully saturated rings. The van der Waals surface area contributed by atoms with E-state index >= 15 is 0 Å². The standard InChI is InChI=1S/C11H12NO/c1-12-8-10-5-3-2-4-9(10)6-7-11(12)13/h2-5,7H,6,8H2,1H3. The molecule has 0 unspecified atom stereocenters. The van der Waals surface area contributed by atoms with E-state index in [0.717, 1.165) is 13.0 Å². The Balaban J connectivity index is 2.35. The molecule has 0 aromatic heterocycles. The Hall–Kier alpha value is -1.31. The Morgan fingerprint density at radius 2 is 1.92 bits per heavy atom. The summed E-state index contributed by atoms with van der Waals surface area (Å²) in [6, 6.07) is 8.20. The minimum atomic E-state index is 0.121. The molecule has 0 saturated heterocycles. The van der Waals surface area contributed by atoms with Crippen molar-refractivity contribution in [3.63, 3.8) is 0 Å². The Bertz CT molecular complexity index is 333. The molecular weight excluding hydrogens is 162 g/mol. The lowest BCUT2D eigenvalue weighted by molar-refractivity contribution is -0.126. The van der Waals surface area contributed by atoms with Crippen LogP contribution in [-0.4, -0.2) is 17.9 Å². The van der Waals surface area contributed by atoms with E-state index in [9.17, 15) is 4.79 Å². The zero-order valence-corrected chi connectivity index (χ0v) is 7.66. The van der Waals surface area contributed by atoms with E-state index in [1.165, 1.54) is 11.1 Å². The molecule has 2 rings (SSSR count). The molecule has 1 aliphatic rings. The van der Waals surface area contributed by atoms with Gasteiger partial charge in [-0.1, -0.05) is 24.3 Å². The van der Waals surface area contributed by atoms with Crippen molar-refractivity contribution < 1.29 is 4.79 Å². The average molecular weight is 174 g/mol. The van der Waals surface area contributed by atoms with E-state index in [1.54, 1.807) is 11.3 Å². The number of hydrogen-bond donors (Lipinski definition) is 0. The maximum absolute atomic E-state index is 11.4. The predicted molar refractivity (Wildman–Crippen MR) is 50.9 cm³/mol. The Morgan fingerprint density at radius 1 is 1.23 bits per heavy atom. The van der Waals surface area contributed by atoms with Crippen LogP contribution < -0.4 is 0 Å². The largest absolute Gasteiger partial charge is 0.341 e. The number of amides is 1. The van der Waals surface area contributed by atoms with E-state index in [2.05, 4.69) is 12.1 Å². The van der Waals surface area contributed by atoms with Crippen LogP contribution >= 0.6 is 0 Å². The zero-order valence-electron chi connectivity index (χ0n) is 7.66. The first kappa shape index (κ1) is 8.30. The van der Waals surface area contributed by atoms with Gasteiger partial charge in [-0.05, 0) is 17.5 Å². The van der Waals surface area contributed by atoms with Crippen LogP contribution in [0.3, 0.4) is 0 Å². The highest BCUT2D eigenvalue weighted by Gasteiger charge is 2.16. The number of hydrogen-bond acceptors (Lipinski definition) is 1. The molecule has 0 saturated carbocycles. The molecule has 2 nitrogen and oxygen atoms in total. The lowest BCUT2D eigenvalue weighted by atomic mass is 10.0. The van der Waals surface area contributed by atoms with Crippen LogP contribution in [0.1, 0.15) is 11.1 Å². The van der Waals surface area contributed by atoms with Gasteiger partial charge in [-0.3, -0.25) is 4.79 Å². The van der Waals surface area contributed by atoms with E-state index < -0.39 is 0 Å². The molecule has 1 radical (unpaired) electrons. The molecule has 13 heavy (non-hydrogen) atoms. The summed E-state index contributed by atoms with van der Waals surface area (Å²) in [6.07, 6.45) is 2.51. The molecule has 0 aliphatic carbocycles. The Morgan fingerprint density at radius 3 is 2.69 bits per heavy atom. The van der Waals surface area contributed by atoms with Crippen molar-refractivity contribution >= 4 is 5.91 Å². The van der Waals surface area contributed by atoms with Crippen molar-refractivity contribution in [2.24, 2.45) is 0 Å². The van der Waals surface area contributed by atoms with Crippen molar-refractivity contribution in [3.8, 4) is 0 Å². The summed E-state index contributed by atoms with van der Waals surface area (Å²) in [5.41, 5.74) is 2.52. The number of rotatable bonds is 0. The SMILES string of the molecule is CN1Cc2ccccc2C[CH]C1=O. The van der Waals surface area contributed by atoms with Crippen molar-refractivity contribution in [2.75, 3.05) is 7.05 Å². The van der Waals surface area contributed by atoms with Gasteiger partial charge in [0, 0.05) is 13.6 Å². The summed E-state index contributed by atoms with van der Waals surface area (Å²) < 4.78 is 0. The smallest absolute Gasteiger partial charge is 0.226 e. The van der Waals surface area contributed by atoms with Crippen molar-refractivity contribution in [1.29, 1.82) is 0 Å². The van der Waals surface area contributed by atoms with E-state index in [4.69, 9.17) is 0 Å². The van der Waals surface area contributed by atoms with Gasteiger partial charge < -0.3 is 4.90 Å². The van der Waals surface area contributed by atoms with Gasteiger partial charge in [0.05, 0.1) is 6.42 Å². The van der Waals surface area contributed by atoms with Crippen LogP contribution in [0.15, 0.2) is 24.3 Å². The third kappa shape index (κ3) is 1.57. The topological polar surface area (TPSA) is 20.3 Å². The number of benzene rings is 1. The summed E-state index contributed by atoms with van der Waals surface area (Å²) >= 11 is 0. The third-order valence-corrected chi connectivity index (χ3v) is 2.40. The minimum Gasteiger partial charge on any atom is -0.341 e. The van der Waals surface area contributed by atoms with Crippen LogP contribution in [0.5, 0.6) is 0 Å². The van der Waals surface area contributed by atoms with E-state index in [-0.39, 0.29) is 5.91 Å². The molecule has 0 spiro atoms. The highest BCUT2D eigenvalue weighted by atomic mass is 16.2. The van der Waals surface area contributed by atoms with Crippen LogP contribution in [0, 0.1) is 6.42 Å². The zero-order chi connectivity index (χ0) is 9.26. The van der Waals surface area contributed by atoms with Gasteiger partial charge >= 0.3 is 0 Å². The summed E-state index contributed by atoms with van der Waals surface area (Å²) in [7, 11) is 1.83. The Labute approximate surface area is 78.2 Å². The summed E-state index contributed by atoms with van der Waals surface area (Å²) in [4.78, 5) is 13.1. The van der Waals surface area contributed by atoms with Gasteiger partial charge in [0.2, 0.25) is 5.91 Å². The average Bonchev–Trinajstić information content (AvgIpc) is 2.28. The summed E-state index contributed by atoms with van der Waals surface area (Å²) in [6.45, 7) is 0.728. The fourth-order valence-electron chi connectivity index (χ4n) is 1.60. The van der Waals surface area contributed by atoms with Gasteiger partial charge in [-0.25, -0.2) is 0 Å². The number of carbonyl (C=O) groups is 1. The van der Waals surface area contributed by atoms with Gasteiger partial charge in [0.15, 0.2) is 0 Å². The maximum atomic E-state index is 11.4. The van der Waals surface area contributed by atoms with Gasteiger partial charge in [0.1, 0.15) is 0 Å². The first-order valence-corrected chi connectivity index (χ1v) is 4.42. The normalized spacial score (nSPS) is 16.7. The van der Waals surface area contributed by atoms with Crippen LogP contribution in [0.25, 0.3) is 0 Å². The second-order valence-electron chi connectivity index (χ2n) is 3.37. The first-order chi connectivity index (χ1) is 6.27. The molecule has 2 heteroatoms. The van der Waals surface area contributed by atoms with E-state index in [0.29, 0.717) is 0 Å². The number of carbonyl (C=O) groups excluding carboxylic acids is 1. The van der Waals surface area contributed by atoms with Crippen molar-refractivity contribution in [1.82, 2.24) is 4.90 Å². The molecule has 0 N–H and O–H groups in total. The Kier molecular flexibility index (Phi) is 2.05. The number of fused-ring (bicyclic) bond motifs is 1. The van der Waals surface area contributed by atoms with Crippen LogP contribution in [-0.2, 0) is 17.8 Å². The summed E-state index contributed by atoms with van der Waals surface area (Å²) in [5, 5.41) is 0. The molecule has 0 atom stereocenters. The number of nitrogens with zero attached hydrogens (tertiary/aromatic N) is 1. The molecule has 0 bridgehead atoms. The fourth-order valence-corrected chi connectivity index (χ4v) is 1.60. The second kappa shape index (κ2) is 3.21. The van der Waals surface area contributed by atoms with Crippen LogP contribution in [0.4, 0.5) is 0 Å². The van der Waals surface area contributed by atoms with Crippen molar-refractivity contribution in [3.05, 3.63) is 41.8 Å². The first-order valence-electron chi connectivity index (χ1n) is 4.42. The van der Waals surface area contributed by atoms with E-state index in [1.807, 2.05) is 19.2 Å². The minimum absolute atomic E-state index is 0.121. The lowest BCUT2D eigenvalue weighted by Gasteiger charge is -2.13. The van der Waals surface area contributed by atoms with Gasteiger partial charge in [-0.15, -0.1) is 0 Å². The third-order valence-electron chi connectivity index (χ3n) is 2.40. The highest BCUT2D eigenvalue weighted by molar-refractivity contribution is 5.85. The molecule has 1 aromatic carbocycles.